The molecule has 0 fully saturated rings. The largest absolute Gasteiger partial charge is 0.465 e. The van der Waals surface area contributed by atoms with Gasteiger partial charge in [-0.1, -0.05) is 18.2 Å². The van der Waals surface area contributed by atoms with E-state index in [1.54, 1.807) is 29.9 Å². The number of esters is 1. The Labute approximate surface area is 194 Å². The van der Waals surface area contributed by atoms with Gasteiger partial charge < -0.3 is 10.1 Å². The summed E-state index contributed by atoms with van der Waals surface area (Å²) in [6.45, 7) is 0.518. The first-order valence-electron chi connectivity index (χ1n) is 9.87. The zero-order chi connectivity index (χ0) is 23.4. The predicted molar refractivity (Wildman–Crippen MR) is 126 cm³/mol. The lowest BCUT2D eigenvalue weighted by Gasteiger charge is -2.06. The van der Waals surface area contributed by atoms with Crippen LogP contribution in [0, 0.1) is 5.82 Å². The van der Waals surface area contributed by atoms with Gasteiger partial charge in [-0.15, -0.1) is 11.3 Å². The van der Waals surface area contributed by atoms with Gasteiger partial charge in [0, 0.05) is 11.1 Å². The van der Waals surface area contributed by atoms with Crippen LogP contribution in [0.5, 0.6) is 0 Å². The summed E-state index contributed by atoms with van der Waals surface area (Å²) in [7, 11) is -2.46. The molecule has 0 aliphatic carbocycles. The topological polar surface area (TPSA) is 90.3 Å². The maximum Gasteiger partial charge on any atom is 0.349 e. The molecule has 0 saturated heterocycles. The summed E-state index contributed by atoms with van der Waals surface area (Å²) >= 11 is 1.03. The van der Waals surface area contributed by atoms with Gasteiger partial charge in [0.05, 0.1) is 36.0 Å². The number of hydrogen-bond acceptors (Lipinski definition) is 7. The highest BCUT2D eigenvalue weighted by Crippen LogP contribution is 2.24. The molecule has 170 valence electrons. The molecular weight excluding hydrogens is 465 g/mol. The molecule has 4 aromatic rings. The first kappa shape index (κ1) is 22.7. The highest BCUT2D eigenvalue weighted by Gasteiger charge is 2.23. The Bertz CT molecular complexity index is 1420. The summed E-state index contributed by atoms with van der Waals surface area (Å²) in [5, 5.41) is 9.91. The minimum atomic E-state index is -3.67. The molecule has 0 radical (unpaired) electrons. The number of aromatic nitrogens is 2. The standard InChI is InChI=1S/C23H20FN3O4S2/c1-31-23(28)22-21(9-11-32-22)33(29,30)12-2-10-25-19-7-8-20-17(13-19)14-26-27(20)15-16-3-5-18(24)6-4-16/h2-11,13-14,25H,12,15H2,1H3. The average Bonchev–Trinajstić information content (AvgIpc) is 3.46. The van der Waals surface area contributed by atoms with Crippen molar-refractivity contribution < 1.29 is 22.3 Å². The fourth-order valence-corrected chi connectivity index (χ4v) is 5.75. The molecule has 0 saturated carbocycles. The van der Waals surface area contributed by atoms with E-state index in [1.807, 2.05) is 22.9 Å². The number of benzene rings is 2. The van der Waals surface area contributed by atoms with Crippen molar-refractivity contribution in [1.29, 1.82) is 0 Å². The van der Waals surface area contributed by atoms with Gasteiger partial charge in [0.2, 0.25) is 0 Å². The van der Waals surface area contributed by atoms with Crippen molar-refractivity contribution >= 4 is 43.7 Å². The van der Waals surface area contributed by atoms with Crippen LogP contribution >= 0.6 is 11.3 Å². The van der Waals surface area contributed by atoms with Gasteiger partial charge in [0.1, 0.15) is 10.7 Å². The third kappa shape index (κ3) is 5.12. The van der Waals surface area contributed by atoms with Gasteiger partial charge in [-0.3, -0.25) is 4.68 Å². The first-order valence-corrected chi connectivity index (χ1v) is 12.4. The molecule has 10 heteroatoms. The number of nitrogens with zero attached hydrogens (tertiary/aromatic N) is 2. The van der Waals surface area contributed by atoms with Crippen LogP contribution in [0.15, 0.2) is 77.3 Å². The number of hydrogen-bond donors (Lipinski definition) is 1. The molecule has 2 aromatic heterocycles. The van der Waals surface area contributed by atoms with E-state index in [1.165, 1.54) is 31.4 Å². The van der Waals surface area contributed by atoms with E-state index in [0.29, 0.717) is 6.54 Å². The molecule has 7 nitrogen and oxygen atoms in total. The molecule has 4 rings (SSSR count). The van der Waals surface area contributed by atoms with E-state index in [9.17, 15) is 17.6 Å². The second-order valence-electron chi connectivity index (χ2n) is 7.14. The number of thiophene rings is 1. The van der Waals surface area contributed by atoms with E-state index in [2.05, 4.69) is 15.2 Å². The Morgan fingerprint density at radius 2 is 2.00 bits per heavy atom. The molecule has 0 amide bonds. The van der Waals surface area contributed by atoms with Crippen LogP contribution in [-0.4, -0.2) is 37.0 Å². The molecular formula is C23H20FN3O4S2. The van der Waals surface area contributed by atoms with Gasteiger partial charge >= 0.3 is 5.97 Å². The molecule has 0 aliphatic heterocycles. The Balaban J connectivity index is 1.42. The highest BCUT2D eigenvalue weighted by molar-refractivity contribution is 7.91. The third-order valence-electron chi connectivity index (χ3n) is 4.91. The summed E-state index contributed by atoms with van der Waals surface area (Å²) in [4.78, 5) is 11.8. The van der Waals surface area contributed by atoms with Crippen molar-refractivity contribution in [2.75, 3.05) is 18.2 Å². The SMILES string of the molecule is COC(=O)c1sccc1S(=O)(=O)CC=CNc1ccc2c(cnn2Cc2ccc(F)cc2)c1. The number of anilines is 1. The van der Waals surface area contributed by atoms with Crippen LogP contribution in [0.25, 0.3) is 10.9 Å². The molecule has 0 bridgehead atoms. The maximum absolute atomic E-state index is 13.1. The van der Waals surface area contributed by atoms with Gasteiger partial charge in [-0.25, -0.2) is 17.6 Å². The number of rotatable bonds is 8. The number of carbonyl (C=O) groups excluding carboxylic acids is 1. The van der Waals surface area contributed by atoms with Crippen LogP contribution in [0.1, 0.15) is 15.2 Å². The van der Waals surface area contributed by atoms with E-state index in [4.69, 9.17) is 0 Å². The average molecular weight is 486 g/mol. The molecule has 0 unspecified atom stereocenters. The smallest absolute Gasteiger partial charge is 0.349 e. The second-order valence-corrected chi connectivity index (χ2v) is 10.1. The quantitative estimate of drug-likeness (QED) is 0.370. The van der Waals surface area contributed by atoms with Crippen molar-refractivity contribution in [1.82, 2.24) is 9.78 Å². The molecule has 33 heavy (non-hydrogen) atoms. The second kappa shape index (κ2) is 9.55. The minimum Gasteiger partial charge on any atom is -0.465 e. The number of ether oxygens (including phenoxy) is 1. The fourth-order valence-electron chi connectivity index (χ4n) is 3.27. The lowest BCUT2D eigenvalue weighted by Crippen LogP contribution is -2.10. The summed E-state index contributed by atoms with van der Waals surface area (Å²) in [5.41, 5.74) is 2.63. The van der Waals surface area contributed by atoms with Gasteiger partial charge in [0.15, 0.2) is 9.84 Å². The van der Waals surface area contributed by atoms with Crippen LogP contribution in [0.4, 0.5) is 10.1 Å². The van der Waals surface area contributed by atoms with Crippen molar-refractivity contribution in [2.45, 2.75) is 11.4 Å². The van der Waals surface area contributed by atoms with Crippen LogP contribution in [-0.2, 0) is 21.1 Å². The van der Waals surface area contributed by atoms with E-state index in [0.717, 1.165) is 33.5 Å². The van der Waals surface area contributed by atoms with Crippen molar-refractivity contribution in [3.63, 3.8) is 0 Å². The number of nitrogens with one attached hydrogen (secondary N) is 1. The van der Waals surface area contributed by atoms with Crippen LogP contribution < -0.4 is 5.32 Å². The molecule has 1 N–H and O–H groups in total. The number of fused-ring (bicyclic) bond motifs is 1. The van der Waals surface area contributed by atoms with E-state index < -0.39 is 15.8 Å². The number of sulfone groups is 1. The molecule has 2 heterocycles. The monoisotopic (exact) mass is 485 g/mol. The van der Waals surface area contributed by atoms with E-state index >= 15 is 0 Å². The fraction of sp³-hybridized carbons (Fsp3) is 0.130. The van der Waals surface area contributed by atoms with Gasteiger partial charge in [0.25, 0.3) is 0 Å². The zero-order valence-electron chi connectivity index (χ0n) is 17.6. The van der Waals surface area contributed by atoms with Crippen molar-refractivity contribution in [3.8, 4) is 0 Å². The predicted octanol–water partition coefficient (Wildman–Crippen LogP) is 4.47. The molecule has 2 aromatic carbocycles. The minimum absolute atomic E-state index is 0.0287. The molecule has 0 spiro atoms. The number of methoxy groups -OCH3 is 1. The van der Waals surface area contributed by atoms with Gasteiger partial charge in [-0.2, -0.15) is 5.10 Å². The van der Waals surface area contributed by atoms with Crippen LogP contribution in [0.3, 0.4) is 0 Å². The Morgan fingerprint density at radius 1 is 1.21 bits per heavy atom. The highest BCUT2D eigenvalue weighted by atomic mass is 32.2. The number of carbonyl (C=O) groups is 1. The number of halogens is 1. The summed E-state index contributed by atoms with van der Waals surface area (Å²) in [5.74, 6) is -1.21. The summed E-state index contributed by atoms with van der Waals surface area (Å²) in [6.07, 6.45) is 4.77. The van der Waals surface area contributed by atoms with Crippen LogP contribution in [0.2, 0.25) is 0 Å². The Hall–Kier alpha value is -3.50. The normalized spacial score (nSPS) is 11.8. The van der Waals surface area contributed by atoms with Crippen molar-refractivity contribution in [3.05, 3.63) is 88.6 Å². The molecule has 0 atom stereocenters. The first-order chi connectivity index (χ1) is 15.9. The zero-order valence-corrected chi connectivity index (χ0v) is 19.2. The van der Waals surface area contributed by atoms with E-state index in [-0.39, 0.29) is 21.3 Å². The van der Waals surface area contributed by atoms with Gasteiger partial charge in [-0.05, 0) is 53.5 Å². The summed E-state index contributed by atoms with van der Waals surface area (Å²) < 4.78 is 44.7. The third-order valence-corrected chi connectivity index (χ3v) is 7.57. The Morgan fingerprint density at radius 3 is 2.76 bits per heavy atom. The Kier molecular flexibility index (Phi) is 6.57. The lowest BCUT2D eigenvalue weighted by molar-refractivity contribution is 0.0602. The summed E-state index contributed by atoms with van der Waals surface area (Å²) in [6, 6.07) is 13.4. The molecule has 0 aliphatic rings. The van der Waals surface area contributed by atoms with Crippen molar-refractivity contribution in [2.24, 2.45) is 0 Å². The lowest BCUT2D eigenvalue weighted by atomic mass is 10.2. The maximum atomic E-state index is 13.1.